The summed E-state index contributed by atoms with van der Waals surface area (Å²) < 4.78 is 9.78. The minimum absolute atomic E-state index is 0.255. The van der Waals surface area contributed by atoms with Crippen LogP contribution in [0.1, 0.15) is 36.6 Å². The molecule has 0 fully saturated rings. The maximum absolute atomic E-state index is 11.9. The fraction of sp³-hybridized carbons (Fsp3) is 0.0357. The van der Waals surface area contributed by atoms with Crippen LogP contribution in [-0.2, 0) is 16.1 Å². The summed E-state index contributed by atoms with van der Waals surface area (Å²) in [4.78, 5) is 41.5. The molecule has 0 saturated heterocycles. The number of benzene rings is 4. The number of hydrogen-bond donors (Lipinski definition) is 0. The number of esters is 3. The Kier molecular flexibility index (Phi) is 6.08. The minimum atomic E-state index is -0.596. The smallest absolute Gasteiger partial charge is 0.346 e. The van der Waals surface area contributed by atoms with E-state index in [4.69, 9.17) is 4.74 Å². The summed E-state index contributed by atoms with van der Waals surface area (Å²) in [5.41, 5.74) is 2.20. The maximum atomic E-state index is 11.9. The Morgan fingerprint density at radius 3 is 1.61 bits per heavy atom. The van der Waals surface area contributed by atoms with Crippen LogP contribution in [0.4, 0.5) is 0 Å². The highest BCUT2D eigenvalue weighted by Gasteiger charge is 2.29. The molecule has 0 amide bonds. The summed E-state index contributed by atoms with van der Waals surface area (Å²) in [7, 11) is 0. The summed E-state index contributed by atoms with van der Waals surface area (Å²) in [6.07, 6.45) is 0. The SMILES string of the molecule is O=C1OCc2cc(Sc3cccc(Sc4cccc(Sc5ccc6c(c5)C(=O)OC6=O)c4)c3)ccc21. The molecule has 0 bridgehead atoms. The topological polar surface area (TPSA) is 69.7 Å². The molecule has 2 heterocycles. The molecular weight excluding hydrogens is 513 g/mol. The number of ether oxygens (including phenoxy) is 2. The van der Waals surface area contributed by atoms with Crippen LogP contribution in [0.25, 0.3) is 0 Å². The van der Waals surface area contributed by atoms with Gasteiger partial charge in [0.25, 0.3) is 0 Å². The van der Waals surface area contributed by atoms with E-state index >= 15 is 0 Å². The number of carbonyl (C=O) groups excluding carboxylic acids is 3. The summed E-state index contributed by atoms with van der Waals surface area (Å²) in [6, 6.07) is 27.5. The first-order valence-corrected chi connectivity index (χ1v) is 13.4. The highest BCUT2D eigenvalue weighted by Crippen LogP contribution is 2.37. The van der Waals surface area contributed by atoms with Gasteiger partial charge in [0, 0.05) is 34.9 Å². The molecule has 0 aliphatic carbocycles. The van der Waals surface area contributed by atoms with Gasteiger partial charge in [-0.15, -0.1) is 0 Å². The molecule has 0 spiro atoms. The van der Waals surface area contributed by atoms with Gasteiger partial charge < -0.3 is 9.47 Å². The van der Waals surface area contributed by atoms with Crippen LogP contribution in [0, 0.1) is 0 Å². The average Bonchev–Trinajstić information content (AvgIpc) is 3.37. The van der Waals surface area contributed by atoms with Crippen molar-refractivity contribution in [3.05, 3.63) is 107 Å². The monoisotopic (exact) mass is 528 g/mol. The van der Waals surface area contributed by atoms with Crippen molar-refractivity contribution in [3.63, 3.8) is 0 Å². The fourth-order valence-electron chi connectivity index (χ4n) is 3.91. The van der Waals surface area contributed by atoms with Crippen molar-refractivity contribution in [1.29, 1.82) is 0 Å². The average molecular weight is 529 g/mol. The van der Waals surface area contributed by atoms with E-state index in [1.165, 1.54) is 11.8 Å². The van der Waals surface area contributed by atoms with Gasteiger partial charge in [-0.3, -0.25) is 0 Å². The highest BCUT2D eigenvalue weighted by atomic mass is 32.2. The molecule has 0 atom stereocenters. The van der Waals surface area contributed by atoms with Crippen molar-refractivity contribution in [2.75, 3.05) is 0 Å². The van der Waals surface area contributed by atoms with Gasteiger partial charge in [0.05, 0.1) is 16.7 Å². The molecule has 36 heavy (non-hydrogen) atoms. The maximum Gasteiger partial charge on any atom is 0.346 e. The molecule has 0 saturated carbocycles. The van der Waals surface area contributed by atoms with Gasteiger partial charge in [-0.1, -0.05) is 47.4 Å². The Morgan fingerprint density at radius 2 is 1.00 bits per heavy atom. The molecule has 4 aromatic carbocycles. The lowest BCUT2D eigenvalue weighted by Gasteiger charge is -2.08. The van der Waals surface area contributed by atoms with Crippen molar-refractivity contribution in [2.24, 2.45) is 0 Å². The van der Waals surface area contributed by atoms with Crippen LogP contribution in [-0.4, -0.2) is 17.9 Å². The molecule has 0 N–H and O–H groups in total. The second kappa shape index (κ2) is 9.54. The number of rotatable bonds is 6. The first-order chi connectivity index (χ1) is 17.5. The third kappa shape index (κ3) is 4.67. The Bertz CT molecular complexity index is 1560. The van der Waals surface area contributed by atoms with Gasteiger partial charge in [-0.25, -0.2) is 14.4 Å². The molecule has 2 aliphatic heterocycles. The summed E-state index contributed by atoms with van der Waals surface area (Å²) >= 11 is 4.84. The molecule has 5 nitrogen and oxygen atoms in total. The van der Waals surface area contributed by atoms with E-state index in [-0.39, 0.29) is 5.97 Å². The van der Waals surface area contributed by atoms with E-state index in [0.717, 1.165) is 34.9 Å². The second-order valence-electron chi connectivity index (χ2n) is 8.04. The summed E-state index contributed by atoms with van der Waals surface area (Å²) in [5, 5.41) is 0. The summed E-state index contributed by atoms with van der Waals surface area (Å²) in [5.74, 6) is -1.44. The molecule has 0 aromatic heterocycles. The molecule has 0 radical (unpaired) electrons. The summed E-state index contributed by atoms with van der Waals surface area (Å²) in [6.45, 7) is 0.334. The lowest BCUT2D eigenvalue weighted by molar-refractivity contribution is 0.0442. The van der Waals surface area contributed by atoms with Gasteiger partial charge in [0.15, 0.2) is 0 Å². The second-order valence-corrected chi connectivity index (χ2v) is 11.5. The standard InChI is InChI=1S/C28H16O5S3/c29-26-23-9-7-21(11-16(23)15-32-26)35-19-5-1-3-17(12-19)34-18-4-2-6-20(13-18)36-22-8-10-24-25(14-22)28(31)33-27(24)30/h1-14H,15H2. The van der Waals surface area contributed by atoms with Gasteiger partial charge in [-0.05, 0) is 72.8 Å². The molecular formula is C28H16O5S3. The van der Waals surface area contributed by atoms with Crippen molar-refractivity contribution >= 4 is 53.2 Å². The predicted octanol–water partition coefficient (Wildman–Crippen LogP) is 7.12. The molecule has 2 aliphatic rings. The lowest BCUT2D eigenvalue weighted by atomic mass is 10.1. The molecule has 8 heteroatoms. The number of carbonyl (C=O) groups is 3. The third-order valence-electron chi connectivity index (χ3n) is 5.59. The normalized spacial score (nSPS) is 13.8. The van der Waals surface area contributed by atoms with Gasteiger partial charge in [0.1, 0.15) is 6.61 Å². The Hall–Kier alpha value is -3.46. The Labute approximate surface area is 219 Å². The van der Waals surface area contributed by atoms with E-state index in [0.29, 0.717) is 23.3 Å². The van der Waals surface area contributed by atoms with Crippen LogP contribution < -0.4 is 0 Å². The fourth-order valence-corrected chi connectivity index (χ4v) is 6.86. The van der Waals surface area contributed by atoms with E-state index in [9.17, 15) is 14.4 Å². The Balaban J connectivity index is 1.16. The van der Waals surface area contributed by atoms with Crippen LogP contribution in [0.2, 0.25) is 0 Å². The van der Waals surface area contributed by atoms with Crippen LogP contribution in [0.3, 0.4) is 0 Å². The minimum Gasteiger partial charge on any atom is -0.457 e. The number of hydrogen-bond acceptors (Lipinski definition) is 8. The van der Waals surface area contributed by atoms with Gasteiger partial charge >= 0.3 is 17.9 Å². The Morgan fingerprint density at radius 1 is 0.500 bits per heavy atom. The number of fused-ring (bicyclic) bond motifs is 2. The predicted molar refractivity (Wildman–Crippen MR) is 137 cm³/mol. The van der Waals surface area contributed by atoms with Crippen LogP contribution in [0.5, 0.6) is 0 Å². The number of cyclic esters (lactones) is 3. The van der Waals surface area contributed by atoms with Crippen LogP contribution in [0.15, 0.2) is 114 Å². The largest absolute Gasteiger partial charge is 0.457 e. The van der Waals surface area contributed by atoms with Crippen LogP contribution >= 0.6 is 35.3 Å². The van der Waals surface area contributed by atoms with Crippen molar-refractivity contribution in [2.45, 2.75) is 36.0 Å². The zero-order valence-electron chi connectivity index (χ0n) is 18.6. The molecule has 176 valence electrons. The molecule has 4 aromatic rings. The van der Waals surface area contributed by atoms with E-state index < -0.39 is 11.9 Å². The zero-order valence-corrected chi connectivity index (χ0v) is 21.0. The van der Waals surface area contributed by atoms with Gasteiger partial charge in [0.2, 0.25) is 0 Å². The zero-order chi connectivity index (χ0) is 24.6. The lowest BCUT2D eigenvalue weighted by Crippen LogP contribution is -1.96. The first kappa shape index (κ1) is 23.0. The molecule has 0 unspecified atom stereocenters. The molecule has 6 rings (SSSR count). The van der Waals surface area contributed by atoms with Crippen molar-refractivity contribution in [3.8, 4) is 0 Å². The first-order valence-electron chi connectivity index (χ1n) is 11.0. The quantitative estimate of drug-likeness (QED) is 0.194. The third-order valence-corrected chi connectivity index (χ3v) is 8.53. The van der Waals surface area contributed by atoms with E-state index in [1.54, 1.807) is 35.7 Å². The highest BCUT2D eigenvalue weighted by molar-refractivity contribution is 8.00. The van der Waals surface area contributed by atoms with E-state index in [1.807, 2.05) is 42.5 Å². The van der Waals surface area contributed by atoms with Gasteiger partial charge in [-0.2, -0.15) is 0 Å². The van der Waals surface area contributed by atoms with E-state index in [2.05, 4.69) is 35.1 Å². The van der Waals surface area contributed by atoms with Crippen molar-refractivity contribution in [1.82, 2.24) is 0 Å². The van der Waals surface area contributed by atoms with Crippen molar-refractivity contribution < 1.29 is 23.9 Å².